The molecule has 0 bridgehead atoms. The Morgan fingerprint density at radius 2 is 1.83 bits per heavy atom. The third-order valence-corrected chi connectivity index (χ3v) is 2.40. The van der Waals surface area contributed by atoms with Gasteiger partial charge in [0.05, 0.1) is 0 Å². The first-order chi connectivity index (χ1) is 8.09. The maximum Gasteiger partial charge on any atom is 0.326 e. The molecule has 0 saturated heterocycles. The summed E-state index contributed by atoms with van der Waals surface area (Å²) in [4.78, 5) is 34.8. The summed E-state index contributed by atoms with van der Waals surface area (Å²) in [5, 5.41) is 11.5. The average molecular weight is 259 g/mol. The molecule has 0 aromatic heterocycles. The molecule has 0 saturated carbocycles. The Hall–Kier alpha value is -1.79. The molecule has 7 nitrogen and oxygen atoms in total. The van der Waals surface area contributed by atoms with Crippen LogP contribution in [0.4, 0.5) is 4.79 Å². The van der Waals surface area contributed by atoms with Gasteiger partial charge in [-0.2, -0.15) is 0 Å². The van der Waals surface area contributed by atoms with Crippen molar-refractivity contribution in [2.24, 2.45) is 11.1 Å². The molecule has 0 aromatic rings. The van der Waals surface area contributed by atoms with Crippen molar-refractivity contribution in [2.45, 2.75) is 33.7 Å². The number of amides is 3. The lowest BCUT2D eigenvalue weighted by molar-refractivity contribution is -0.142. The van der Waals surface area contributed by atoms with Crippen molar-refractivity contribution >= 4 is 17.9 Å². The van der Waals surface area contributed by atoms with Crippen LogP contribution in [0.5, 0.6) is 0 Å². The van der Waals surface area contributed by atoms with Crippen LogP contribution in [-0.2, 0) is 9.59 Å². The van der Waals surface area contributed by atoms with E-state index < -0.39 is 29.4 Å². The van der Waals surface area contributed by atoms with E-state index in [9.17, 15) is 14.4 Å². The summed E-state index contributed by atoms with van der Waals surface area (Å²) in [5.74, 6) is -1.76. The third kappa shape index (κ3) is 5.03. The molecule has 1 atom stereocenters. The lowest BCUT2D eigenvalue weighted by Crippen LogP contribution is -2.54. The van der Waals surface area contributed by atoms with Crippen molar-refractivity contribution in [3.05, 3.63) is 0 Å². The number of carboxylic acids is 1. The van der Waals surface area contributed by atoms with Crippen molar-refractivity contribution in [1.82, 2.24) is 10.2 Å². The number of carbonyl (C=O) groups is 3. The van der Waals surface area contributed by atoms with Crippen molar-refractivity contribution in [3.8, 4) is 0 Å². The zero-order valence-electron chi connectivity index (χ0n) is 11.2. The number of carboxylic acid groups (broad SMARTS) is 1. The van der Waals surface area contributed by atoms with Crippen LogP contribution in [0.1, 0.15) is 27.7 Å². The standard InChI is InChI=1S/C11H21N3O4/c1-5-14(6-7(12)15)10(18)13-8(9(16)17)11(2,3)4/h8H,5-6H2,1-4H3,(H2,12,15)(H,13,18)(H,16,17)/t8-/m1/s1. The van der Waals surface area contributed by atoms with Crippen molar-refractivity contribution in [1.29, 1.82) is 0 Å². The third-order valence-electron chi connectivity index (χ3n) is 2.40. The van der Waals surface area contributed by atoms with Crippen LogP contribution in [0.25, 0.3) is 0 Å². The van der Waals surface area contributed by atoms with E-state index in [0.717, 1.165) is 4.90 Å². The molecule has 0 aliphatic carbocycles. The Bertz CT molecular complexity index is 336. The highest BCUT2D eigenvalue weighted by molar-refractivity contribution is 5.86. The zero-order valence-corrected chi connectivity index (χ0v) is 11.2. The summed E-state index contributed by atoms with van der Waals surface area (Å²) in [7, 11) is 0. The van der Waals surface area contributed by atoms with Crippen LogP contribution in [0.15, 0.2) is 0 Å². The highest BCUT2D eigenvalue weighted by Gasteiger charge is 2.33. The fourth-order valence-corrected chi connectivity index (χ4v) is 1.38. The monoisotopic (exact) mass is 259 g/mol. The molecule has 18 heavy (non-hydrogen) atoms. The molecule has 3 amide bonds. The Morgan fingerprint density at radius 3 is 2.11 bits per heavy atom. The van der Waals surface area contributed by atoms with Gasteiger partial charge in [-0.1, -0.05) is 20.8 Å². The summed E-state index contributed by atoms with van der Waals surface area (Å²) in [6.45, 7) is 6.82. The van der Waals surface area contributed by atoms with Gasteiger partial charge in [-0.15, -0.1) is 0 Å². The van der Waals surface area contributed by atoms with E-state index in [2.05, 4.69) is 5.32 Å². The number of urea groups is 1. The number of hydrogen-bond donors (Lipinski definition) is 3. The maximum absolute atomic E-state index is 11.8. The Labute approximate surface area is 106 Å². The minimum Gasteiger partial charge on any atom is -0.480 e. The van der Waals surface area contributed by atoms with Crippen molar-refractivity contribution in [2.75, 3.05) is 13.1 Å². The van der Waals surface area contributed by atoms with Crippen LogP contribution in [0, 0.1) is 5.41 Å². The maximum atomic E-state index is 11.8. The van der Waals surface area contributed by atoms with Gasteiger partial charge in [0.25, 0.3) is 0 Å². The van der Waals surface area contributed by atoms with Gasteiger partial charge < -0.3 is 21.1 Å². The second-order valence-electron chi connectivity index (χ2n) is 5.07. The van der Waals surface area contributed by atoms with E-state index in [1.54, 1.807) is 27.7 Å². The van der Waals surface area contributed by atoms with Gasteiger partial charge >= 0.3 is 12.0 Å². The smallest absolute Gasteiger partial charge is 0.326 e. The largest absolute Gasteiger partial charge is 0.480 e. The molecular formula is C11H21N3O4. The summed E-state index contributed by atoms with van der Waals surface area (Å²) in [6.07, 6.45) is 0. The van der Waals surface area contributed by atoms with E-state index in [1.165, 1.54) is 0 Å². The van der Waals surface area contributed by atoms with E-state index in [1.807, 2.05) is 0 Å². The van der Waals surface area contributed by atoms with Gasteiger partial charge in [-0.3, -0.25) is 4.79 Å². The molecule has 0 unspecified atom stereocenters. The lowest BCUT2D eigenvalue weighted by Gasteiger charge is -2.30. The number of nitrogens with one attached hydrogen (secondary N) is 1. The molecule has 0 aliphatic rings. The second-order valence-corrected chi connectivity index (χ2v) is 5.07. The number of rotatable bonds is 5. The summed E-state index contributed by atoms with van der Waals surface area (Å²) in [6, 6.07) is -1.65. The molecule has 104 valence electrons. The average Bonchev–Trinajstić information content (AvgIpc) is 2.19. The van der Waals surface area contributed by atoms with Crippen LogP contribution in [0.3, 0.4) is 0 Å². The molecule has 0 rings (SSSR count). The summed E-state index contributed by atoms with van der Waals surface area (Å²) < 4.78 is 0. The second kappa shape index (κ2) is 6.23. The highest BCUT2D eigenvalue weighted by Crippen LogP contribution is 2.19. The molecule has 4 N–H and O–H groups in total. The molecule has 7 heteroatoms. The number of carbonyl (C=O) groups excluding carboxylic acids is 2. The predicted octanol–water partition coefficient (Wildman–Crippen LogP) is 0.00250. The Balaban J connectivity index is 4.78. The van der Waals surface area contributed by atoms with Gasteiger partial charge in [0.1, 0.15) is 12.6 Å². The lowest BCUT2D eigenvalue weighted by atomic mass is 9.87. The predicted molar refractivity (Wildman–Crippen MR) is 65.9 cm³/mol. The number of aliphatic carboxylic acids is 1. The fraction of sp³-hybridized carbons (Fsp3) is 0.727. The first-order valence-corrected chi connectivity index (χ1v) is 5.66. The van der Waals surface area contributed by atoms with Crippen LogP contribution in [-0.4, -0.2) is 47.0 Å². The normalized spacial score (nSPS) is 12.7. The number of hydrogen-bond acceptors (Lipinski definition) is 3. The van der Waals surface area contributed by atoms with Gasteiger partial charge in [0.2, 0.25) is 5.91 Å². The molecule has 0 fully saturated rings. The molecule has 0 heterocycles. The molecule has 0 radical (unpaired) electrons. The van der Waals surface area contributed by atoms with Gasteiger partial charge in [-0.05, 0) is 12.3 Å². The first kappa shape index (κ1) is 16.2. The summed E-state index contributed by atoms with van der Waals surface area (Å²) in [5.41, 5.74) is 4.37. The number of nitrogens with zero attached hydrogens (tertiary/aromatic N) is 1. The van der Waals surface area contributed by atoms with E-state index in [4.69, 9.17) is 10.8 Å². The van der Waals surface area contributed by atoms with Crippen LogP contribution in [0.2, 0.25) is 0 Å². The van der Waals surface area contributed by atoms with E-state index >= 15 is 0 Å². The minimum atomic E-state index is -1.12. The molecule has 0 aliphatic heterocycles. The Kier molecular flexibility index (Phi) is 5.61. The number of primary amides is 1. The van der Waals surface area contributed by atoms with Crippen LogP contribution >= 0.6 is 0 Å². The van der Waals surface area contributed by atoms with Crippen molar-refractivity contribution in [3.63, 3.8) is 0 Å². The fourth-order valence-electron chi connectivity index (χ4n) is 1.38. The zero-order chi connectivity index (χ0) is 14.5. The Morgan fingerprint density at radius 1 is 1.33 bits per heavy atom. The van der Waals surface area contributed by atoms with Crippen molar-refractivity contribution < 1.29 is 19.5 Å². The van der Waals surface area contributed by atoms with Gasteiger partial charge in [0.15, 0.2) is 0 Å². The topological polar surface area (TPSA) is 113 Å². The molecular weight excluding hydrogens is 238 g/mol. The quantitative estimate of drug-likeness (QED) is 0.645. The molecule has 0 spiro atoms. The van der Waals surface area contributed by atoms with Crippen LogP contribution < -0.4 is 11.1 Å². The minimum absolute atomic E-state index is 0.237. The number of nitrogens with two attached hydrogens (primary N) is 1. The van der Waals surface area contributed by atoms with E-state index in [0.29, 0.717) is 0 Å². The van der Waals surface area contributed by atoms with Gasteiger partial charge in [-0.25, -0.2) is 9.59 Å². The number of likely N-dealkylation sites (N-methyl/N-ethyl adjacent to an activating group) is 1. The summed E-state index contributed by atoms with van der Waals surface area (Å²) >= 11 is 0. The SMILES string of the molecule is CCN(CC(N)=O)C(=O)N[C@H](C(=O)O)C(C)(C)C. The van der Waals surface area contributed by atoms with Gasteiger partial charge in [0, 0.05) is 6.54 Å². The highest BCUT2D eigenvalue weighted by atomic mass is 16.4. The van der Waals surface area contributed by atoms with E-state index in [-0.39, 0.29) is 13.1 Å². The first-order valence-electron chi connectivity index (χ1n) is 5.66. The molecule has 0 aromatic carbocycles.